The van der Waals surface area contributed by atoms with Gasteiger partial charge in [0.05, 0.1) is 0 Å². The number of rotatable bonds is 2. The lowest BCUT2D eigenvalue weighted by molar-refractivity contribution is -0.121. The Hall–Kier alpha value is -1.44. The zero-order chi connectivity index (χ0) is 11.5. The highest BCUT2D eigenvalue weighted by Gasteiger charge is 2.23. The average Bonchev–Trinajstić information content (AvgIpc) is 2.30. The van der Waals surface area contributed by atoms with Crippen LogP contribution in [0.3, 0.4) is 0 Å². The molecule has 0 bridgehead atoms. The predicted molar refractivity (Wildman–Crippen MR) is 62.7 cm³/mol. The molecule has 0 aliphatic heterocycles. The summed E-state index contributed by atoms with van der Waals surface area (Å²) in [7, 11) is 0. The molecule has 1 aliphatic carbocycles. The number of carbonyl (C=O) groups is 2. The highest BCUT2D eigenvalue weighted by atomic mass is 16.1. The molecule has 1 aliphatic rings. The molecule has 1 saturated carbocycles. The Bertz CT molecular complexity index is 403. The largest absolute Gasteiger partial charge is 0.299 e. The minimum atomic E-state index is 0.0646. The van der Waals surface area contributed by atoms with Gasteiger partial charge < -0.3 is 0 Å². The standard InChI is InChI=1S/C14H16O2/c1-10(15)11-6-8-12(9-7-11)13-4-2-3-5-14(13)16/h6-9,13H,2-5H2,1H3. The van der Waals surface area contributed by atoms with Crippen LogP contribution in [-0.2, 0) is 4.79 Å². The van der Waals surface area contributed by atoms with Crippen molar-refractivity contribution >= 4 is 11.6 Å². The summed E-state index contributed by atoms with van der Waals surface area (Å²) in [6.07, 6.45) is 3.82. The van der Waals surface area contributed by atoms with Gasteiger partial charge >= 0.3 is 0 Å². The molecule has 84 valence electrons. The lowest BCUT2D eigenvalue weighted by Crippen LogP contribution is -2.16. The van der Waals surface area contributed by atoms with E-state index in [9.17, 15) is 9.59 Å². The zero-order valence-electron chi connectivity index (χ0n) is 9.53. The summed E-state index contributed by atoms with van der Waals surface area (Å²) in [6.45, 7) is 1.56. The summed E-state index contributed by atoms with van der Waals surface area (Å²) < 4.78 is 0. The maximum absolute atomic E-state index is 11.7. The van der Waals surface area contributed by atoms with Gasteiger partial charge in [0.15, 0.2) is 5.78 Å². The Morgan fingerprint density at radius 1 is 1.19 bits per heavy atom. The van der Waals surface area contributed by atoms with Crippen molar-refractivity contribution in [1.82, 2.24) is 0 Å². The topological polar surface area (TPSA) is 34.1 Å². The molecule has 16 heavy (non-hydrogen) atoms. The second-order valence-electron chi connectivity index (χ2n) is 4.44. The van der Waals surface area contributed by atoms with Gasteiger partial charge in [0.1, 0.15) is 5.78 Å². The molecule has 0 radical (unpaired) electrons. The summed E-state index contributed by atoms with van der Waals surface area (Å²) in [5.74, 6) is 0.484. The van der Waals surface area contributed by atoms with E-state index in [0.29, 0.717) is 17.8 Å². The van der Waals surface area contributed by atoms with Crippen LogP contribution in [0, 0.1) is 0 Å². The SMILES string of the molecule is CC(=O)c1ccc(C2CCCCC2=O)cc1. The quantitative estimate of drug-likeness (QED) is 0.712. The Morgan fingerprint density at radius 3 is 2.44 bits per heavy atom. The van der Waals surface area contributed by atoms with Gasteiger partial charge in [-0.2, -0.15) is 0 Å². The molecule has 2 nitrogen and oxygen atoms in total. The van der Waals surface area contributed by atoms with E-state index in [4.69, 9.17) is 0 Å². The minimum absolute atomic E-state index is 0.0646. The fourth-order valence-corrected chi connectivity index (χ4v) is 2.29. The van der Waals surface area contributed by atoms with Crippen LogP contribution >= 0.6 is 0 Å². The number of carbonyl (C=O) groups excluding carboxylic acids is 2. The van der Waals surface area contributed by atoms with Crippen molar-refractivity contribution in [3.8, 4) is 0 Å². The van der Waals surface area contributed by atoms with Gasteiger partial charge in [-0.25, -0.2) is 0 Å². The number of ketones is 2. The molecular weight excluding hydrogens is 200 g/mol. The molecule has 1 atom stereocenters. The van der Waals surface area contributed by atoms with E-state index in [1.165, 1.54) is 0 Å². The maximum atomic E-state index is 11.7. The highest BCUT2D eigenvalue weighted by Crippen LogP contribution is 2.29. The number of benzene rings is 1. The van der Waals surface area contributed by atoms with Crippen LogP contribution in [0.2, 0.25) is 0 Å². The minimum Gasteiger partial charge on any atom is -0.299 e. The van der Waals surface area contributed by atoms with Gasteiger partial charge in [-0.05, 0) is 25.3 Å². The molecule has 1 aromatic rings. The van der Waals surface area contributed by atoms with E-state index in [1.807, 2.05) is 24.3 Å². The van der Waals surface area contributed by atoms with E-state index in [2.05, 4.69) is 0 Å². The number of hydrogen-bond acceptors (Lipinski definition) is 2. The third-order valence-electron chi connectivity index (χ3n) is 3.27. The first-order chi connectivity index (χ1) is 7.68. The Labute approximate surface area is 95.7 Å². The molecule has 1 aromatic carbocycles. The van der Waals surface area contributed by atoms with Gasteiger partial charge in [-0.1, -0.05) is 30.7 Å². The molecule has 0 heterocycles. The molecule has 1 unspecified atom stereocenters. The van der Waals surface area contributed by atoms with Crippen LogP contribution in [0.5, 0.6) is 0 Å². The van der Waals surface area contributed by atoms with Crippen LogP contribution in [-0.4, -0.2) is 11.6 Å². The molecular formula is C14H16O2. The van der Waals surface area contributed by atoms with Gasteiger partial charge in [-0.3, -0.25) is 9.59 Å². The van der Waals surface area contributed by atoms with Crippen molar-refractivity contribution in [1.29, 1.82) is 0 Å². The van der Waals surface area contributed by atoms with Crippen molar-refractivity contribution in [3.63, 3.8) is 0 Å². The first-order valence-corrected chi connectivity index (χ1v) is 5.82. The van der Waals surface area contributed by atoms with Crippen LogP contribution in [0.1, 0.15) is 54.4 Å². The summed E-state index contributed by atoms with van der Waals surface area (Å²) in [5.41, 5.74) is 1.78. The number of hydrogen-bond donors (Lipinski definition) is 0. The van der Waals surface area contributed by atoms with Gasteiger partial charge in [0.2, 0.25) is 0 Å². The van der Waals surface area contributed by atoms with E-state index in [1.54, 1.807) is 6.92 Å². The summed E-state index contributed by atoms with van der Waals surface area (Å²) in [5, 5.41) is 0. The van der Waals surface area contributed by atoms with Gasteiger partial charge in [0, 0.05) is 17.9 Å². The van der Waals surface area contributed by atoms with E-state index >= 15 is 0 Å². The van der Waals surface area contributed by atoms with Crippen molar-refractivity contribution < 1.29 is 9.59 Å². The number of Topliss-reactive ketones (excluding diaryl/α,β-unsaturated/α-hetero) is 2. The Balaban J connectivity index is 2.20. The zero-order valence-corrected chi connectivity index (χ0v) is 9.53. The predicted octanol–water partition coefficient (Wildman–Crippen LogP) is 3.12. The lowest BCUT2D eigenvalue weighted by Gasteiger charge is -2.20. The fraction of sp³-hybridized carbons (Fsp3) is 0.429. The molecule has 0 N–H and O–H groups in total. The lowest BCUT2D eigenvalue weighted by atomic mass is 9.83. The monoisotopic (exact) mass is 216 g/mol. The van der Waals surface area contributed by atoms with E-state index < -0.39 is 0 Å². The van der Waals surface area contributed by atoms with Gasteiger partial charge in [-0.15, -0.1) is 0 Å². The third kappa shape index (κ3) is 2.21. The second kappa shape index (κ2) is 4.60. The van der Waals surface area contributed by atoms with E-state index in [0.717, 1.165) is 24.8 Å². The molecule has 0 saturated heterocycles. The van der Waals surface area contributed by atoms with Gasteiger partial charge in [0.25, 0.3) is 0 Å². The van der Waals surface area contributed by atoms with Crippen molar-refractivity contribution in [2.24, 2.45) is 0 Å². The average molecular weight is 216 g/mol. The third-order valence-corrected chi connectivity index (χ3v) is 3.27. The molecule has 2 heteroatoms. The van der Waals surface area contributed by atoms with Crippen LogP contribution < -0.4 is 0 Å². The van der Waals surface area contributed by atoms with Crippen molar-refractivity contribution in [2.75, 3.05) is 0 Å². The normalized spacial score (nSPS) is 20.8. The summed E-state index contributed by atoms with van der Waals surface area (Å²) in [6, 6.07) is 7.48. The van der Waals surface area contributed by atoms with Crippen molar-refractivity contribution in [2.45, 2.75) is 38.5 Å². The molecule has 2 rings (SSSR count). The fourth-order valence-electron chi connectivity index (χ4n) is 2.29. The summed E-state index contributed by atoms with van der Waals surface area (Å²) in [4.78, 5) is 22.9. The first kappa shape index (κ1) is 11.1. The molecule has 0 amide bonds. The Kier molecular flexibility index (Phi) is 3.18. The highest BCUT2D eigenvalue weighted by molar-refractivity contribution is 5.94. The maximum Gasteiger partial charge on any atom is 0.159 e. The summed E-state index contributed by atoms with van der Waals surface area (Å²) >= 11 is 0. The van der Waals surface area contributed by atoms with Crippen LogP contribution in [0.4, 0.5) is 0 Å². The van der Waals surface area contributed by atoms with Crippen LogP contribution in [0.15, 0.2) is 24.3 Å². The molecule has 1 fully saturated rings. The molecule has 0 aromatic heterocycles. The van der Waals surface area contributed by atoms with Crippen molar-refractivity contribution in [3.05, 3.63) is 35.4 Å². The second-order valence-corrected chi connectivity index (χ2v) is 4.44. The Morgan fingerprint density at radius 2 is 1.88 bits per heavy atom. The first-order valence-electron chi connectivity index (χ1n) is 5.82. The van der Waals surface area contributed by atoms with Crippen LogP contribution in [0.25, 0.3) is 0 Å². The van der Waals surface area contributed by atoms with E-state index in [-0.39, 0.29) is 11.7 Å². The smallest absolute Gasteiger partial charge is 0.159 e. The molecule has 0 spiro atoms.